The summed E-state index contributed by atoms with van der Waals surface area (Å²) in [6.07, 6.45) is 2.03. The van der Waals surface area contributed by atoms with E-state index in [1.165, 1.54) is 16.2 Å². The van der Waals surface area contributed by atoms with Crippen molar-refractivity contribution in [1.82, 2.24) is 9.88 Å². The van der Waals surface area contributed by atoms with E-state index in [1.54, 1.807) is 19.2 Å². The second-order valence-electron chi connectivity index (χ2n) is 6.00. The Morgan fingerprint density at radius 3 is 2.71 bits per heavy atom. The number of carbonyl (C=O) groups is 2. The zero-order valence-electron chi connectivity index (χ0n) is 13.0. The molecule has 0 bridgehead atoms. The SMILES string of the molecule is CC1(C(=O)O)CCN(C(=O)Nc2ccc(-c3ccc(Cl)s3)nc2)C1. The van der Waals surface area contributed by atoms with Gasteiger partial charge in [-0.3, -0.25) is 9.78 Å². The minimum Gasteiger partial charge on any atom is -0.481 e. The van der Waals surface area contributed by atoms with E-state index in [-0.39, 0.29) is 12.6 Å². The molecule has 0 saturated carbocycles. The number of aliphatic carboxylic acids is 1. The standard InChI is InChI=1S/C16H16ClN3O3S/c1-16(14(21)22)6-7-20(9-16)15(23)19-10-2-3-11(18-8-10)12-4-5-13(17)24-12/h2-5,8H,6-7,9H2,1H3,(H,19,23)(H,21,22). The van der Waals surface area contributed by atoms with Gasteiger partial charge in [-0.25, -0.2) is 4.79 Å². The fourth-order valence-corrected chi connectivity index (χ4v) is 3.60. The van der Waals surface area contributed by atoms with Crippen molar-refractivity contribution >= 4 is 40.6 Å². The van der Waals surface area contributed by atoms with Crippen molar-refractivity contribution in [2.45, 2.75) is 13.3 Å². The molecule has 0 spiro atoms. The maximum Gasteiger partial charge on any atom is 0.321 e. The number of thiophene rings is 1. The molecule has 1 saturated heterocycles. The Morgan fingerprint density at radius 2 is 2.17 bits per heavy atom. The number of hydrogen-bond acceptors (Lipinski definition) is 4. The first kappa shape index (κ1) is 16.7. The van der Waals surface area contributed by atoms with Crippen LogP contribution in [0.2, 0.25) is 4.34 Å². The molecule has 0 aliphatic carbocycles. The first-order valence-electron chi connectivity index (χ1n) is 7.38. The maximum absolute atomic E-state index is 12.3. The molecule has 6 nitrogen and oxygen atoms in total. The Labute approximate surface area is 148 Å². The average molecular weight is 366 g/mol. The third kappa shape index (κ3) is 3.37. The number of carboxylic acids is 1. The number of hydrogen-bond donors (Lipinski definition) is 2. The van der Waals surface area contributed by atoms with Crippen LogP contribution in [0.1, 0.15) is 13.3 Å². The molecule has 0 aromatic carbocycles. The Balaban J connectivity index is 1.64. The summed E-state index contributed by atoms with van der Waals surface area (Å²) in [7, 11) is 0. The maximum atomic E-state index is 12.3. The Bertz CT molecular complexity index is 777. The summed E-state index contributed by atoms with van der Waals surface area (Å²) < 4.78 is 0.694. The lowest BCUT2D eigenvalue weighted by atomic mass is 9.90. The number of amides is 2. The second-order valence-corrected chi connectivity index (χ2v) is 7.72. The molecule has 3 heterocycles. The second kappa shape index (κ2) is 6.41. The van der Waals surface area contributed by atoms with Gasteiger partial charge < -0.3 is 15.3 Å². The quantitative estimate of drug-likeness (QED) is 0.866. The smallest absolute Gasteiger partial charge is 0.321 e. The third-order valence-corrected chi connectivity index (χ3v) is 5.37. The number of likely N-dealkylation sites (tertiary alicyclic amines) is 1. The average Bonchev–Trinajstić information content (AvgIpc) is 3.15. The lowest BCUT2D eigenvalue weighted by Crippen LogP contribution is -2.37. The van der Waals surface area contributed by atoms with Crippen molar-refractivity contribution in [1.29, 1.82) is 0 Å². The van der Waals surface area contributed by atoms with E-state index >= 15 is 0 Å². The van der Waals surface area contributed by atoms with E-state index in [9.17, 15) is 14.7 Å². The van der Waals surface area contributed by atoms with Gasteiger partial charge in [0.15, 0.2) is 0 Å². The molecule has 1 fully saturated rings. The summed E-state index contributed by atoms with van der Waals surface area (Å²) in [6, 6.07) is 6.97. The zero-order chi connectivity index (χ0) is 17.3. The lowest BCUT2D eigenvalue weighted by Gasteiger charge is -2.20. The Morgan fingerprint density at radius 1 is 1.38 bits per heavy atom. The number of nitrogens with one attached hydrogen (secondary N) is 1. The summed E-state index contributed by atoms with van der Waals surface area (Å²) in [4.78, 5) is 30.3. The van der Waals surface area contributed by atoms with Crippen molar-refractivity contribution < 1.29 is 14.7 Å². The first-order chi connectivity index (χ1) is 11.4. The van der Waals surface area contributed by atoms with Gasteiger partial charge in [-0.2, -0.15) is 0 Å². The number of aromatic nitrogens is 1. The van der Waals surface area contributed by atoms with Crippen LogP contribution in [0.3, 0.4) is 0 Å². The van der Waals surface area contributed by atoms with E-state index in [0.29, 0.717) is 23.0 Å². The molecule has 2 N–H and O–H groups in total. The normalized spacial score (nSPS) is 20.2. The third-order valence-electron chi connectivity index (χ3n) is 4.12. The minimum atomic E-state index is -0.877. The number of anilines is 1. The molecule has 1 unspecified atom stereocenters. The first-order valence-corrected chi connectivity index (χ1v) is 8.58. The topological polar surface area (TPSA) is 82.5 Å². The highest BCUT2D eigenvalue weighted by Crippen LogP contribution is 2.31. The fourth-order valence-electron chi connectivity index (χ4n) is 2.58. The van der Waals surface area contributed by atoms with Crippen molar-refractivity contribution in [2.75, 3.05) is 18.4 Å². The number of carbonyl (C=O) groups excluding carboxylic acids is 1. The van der Waals surface area contributed by atoms with Gasteiger partial charge in [0.1, 0.15) is 0 Å². The van der Waals surface area contributed by atoms with Crippen LogP contribution < -0.4 is 5.32 Å². The molecule has 2 amide bonds. The molecule has 1 aliphatic rings. The van der Waals surface area contributed by atoms with Gasteiger partial charge in [0.25, 0.3) is 0 Å². The molecule has 1 aliphatic heterocycles. The van der Waals surface area contributed by atoms with E-state index in [1.807, 2.05) is 18.2 Å². The van der Waals surface area contributed by atoms with Crippen molar-refractivity contribution in [2.24, 2.45) is 5.41 Å². The van der Waals surface area contributed by atoms with Gasteiger partial charge in [0, 0.05) is 13.1 Å². The van der Waals surface area contributed by atoms with Gasteiger partial charge in [-0.15, -0.1) is 11.3 Å². The molecule has 24 heavy (non-hydrogen) atoms. The van der Waals surface area contributed by atoms with Gasteiger partial charge in [-0.05, 0) is 37.6 Å². The molecular formula is C16H16ClN3O3S. The van der Waals surface area contributed by atoms with Crippen LogP contribution >= 0.6 is 22.9 Å². The van der Waals surface area contributed by atoms with Gasteiger partial charge in [0.2, 0.25) is 0 Å². The van der Waals surface area contributed by atoms with Crippen LogP contribution in [0.25, 0.3) is 10.6 Å². The largest absolute Gasteiger partial charge is 0.481 e. The summed E-state index contributed by atoms with van der Waals surface area (Å²) >= 11 is 7.35. The van der Waals surface area contributed by atoms with Gasteiger partial charge in [-0.1, -0.05) is 11.6 Å². The van der Waals surface area contributed by atoms with Crippen molar-refractivity contribution in [3.05, 3.63) is 34.8 Å². The molecule has 8 heteroatoms. The van der Waals surface area contributed by atoms with Crippen LogP contribution in [-0.2, 0) is 4.79 Å². The summed E-state index contributed by atoms with van der Waals surface area (Å²) in [5, 5.41) is 12.0. The Kier molecular flexibility index (Phi) is 4.47. The molecule has 2 aromatic rings. The monoisotopic (exact) mass is 365 g/mol. The van der Waals surface area contributed by atoms with E-state index < -0.39 is 11.4 Å². The number of urea groups is 1. The Hall–Kier alpha value is -2.12. The highest BCUT2D eigenvalue weighted by atomic mass is 35.5. The summed E-state index contributed by atoms with van der Waals surface area (Å²) in [5.41, 5.74) is 0.470. The highest BCUT2D eigenvalue weighted by molar-refractivity contribution is 7.19. The number of halogens is 1. The highest BCUT2D eigenvalue weighted by Gasteiger charge is 2.42. The van der Waals surface area contributed by atoms with Crippen LogP contribution in [0.4, 0.5) is 10.5 Å². The van der Waals surface area contributed by atoms with Gasteiger partial charge in [0.05, 0.1) is 32.2 Å². The van der Waals surface area contributed by atoms with Crippen LogP contribution in [0.5, 0.6) is 0 Å². The molecule has 0 radical (unpaired) electrons. The van der Waals surface area contributed by atoms with E-state index in [2.05, 4.69) is 10.3 Å². The molecular weight excluding hydrogens is 350 g/mol. The zero-order valence-corrected chi connectivity index (χ0v) is 14.5. The molecule has 3 rings (SSSR count). The van der Waals surface area contributed by atoms with E-state index in [4.69, 9.17) is 11.6 Å². The molecule has 1 atom stereocenters. The van der Waals surface area contributed by atoms with Crippen LogP contribution in [0, 0.1) is 5.41 Å². The van der Waals surface area contributed by atoms with Crippen molar-refractivity contribution in [3.8, 4) is 10.6 Å². The predicted molar refractivity (Wildman–Crippen MR) is 93.5 cm³/mol. The predicted octanol–water partition coefficient (Wildman–Crippen LogP) is 3.79. The number of carboxylic acid groups (broad SMARTS) is 1. The summed E-state index contributed by atoms with van der Waals surface area (Å²) in [5.74, 6) is -0.876. The minimum absolute atomic E-state index is 0.202. The fraction of sp³-hybridized carbons (Fsp3) is 0.312. The summed E-state index contributed by atoms with van der Waals surface area (Å²) in [6.45, 7) is 2.28. The number of rotatable bonds is 3. The number of pyridine rings is 1. The molecule has 126 valence electrons. The van der Waals surface area contributed by atoms with Crippen molar-refractivity contribution in [3.63, 3.8) is 0 Å². The van der Waals surface area contributed by atoms with E-state index in [0.717, 1.165) is 10.6 Å². The molecule has 2 aromatic heterocycles. The van der Waals surface area contributed by atoms with Gasteiger partial charge >= 0.3 is 12.0 Å². The lowest BCUT2D eigenvalue weighted by molar-refractivity contribution is -0.146. The van der Waals surface area contributed by atoms with Crippen LogP contribution in [0.15, 0.2) is 30.5 Å². The van der Waals surface area contributed by atoms with Crippen LogP contribution in [-0.4, -0.2) is 40.1 Å². The number of nitrogens with zero attached hydrogens (tertiary/aromatic N) is 2.